The maximum Gasteiger partial charge on any atom is 0.149 e. The molecular formula is C13H17BrO2. The fourth-order valence-electron chi connectivity index (χ4n) is 1.43. The number of carbonyl (C=O) groups excluding carboxylic acids is 1. The Balaban J connectivity index is 2.62. The molecule has 0 N–H and O–H groups in total. The smallest absolute Gasteiger partial charge is 0.149 e. The van der Waals surface area contributed by atoms with Crippen LogP contribution in [0.3, 0.4) is 0 Å². The molecule has 0 radical (unpaired) electrons. The fourth-order valence-corrected chi connectivity index (χ4v) is 2.33. The first-order valence-electron chi connectivity index (χ1n) is 5.35. The minimum atomic E-state index is -0.0964. The molecule has 88 valence electrons. The van der Waals surface area contributed by atoms with Gasteiger partial charge in [-0.2, -0.15) is 0 Å². The molecule has 0 spiro atoms. The minimum Gasteiger partial charge on any atom is -0.497 e. The number of ketones is 1. The average molecular weight is 285 g/mol. The molecule has 0 saturated carbocycles. The number of methoxy groups -OCH3 is 1. The summed E-state index contributed by atoms with van der Waals surface area (Å²) in [5.74, 6) is 1.16. The monoisotopic (exact) mass is 284 g/mol. The van der Waals surface area contributed by atoms with Crippen LogP contribution < -0.4 is 4.74 Å². The minimum absolute atomic E-state index is 0.0719. The van der Waals surface area contributed by atoms with E-state index < -0.39 is 0 Å². The van der Waals surface area contributed by atoms with Crippen LogP contribution in [0.25, 0.3) is 0 Å². The second-order valence-corrected chi connectivity index (χ2v) is 5.18. The van der Waals surface area contributed by atoms with Crippen LogP contribution in [0.2, 0.25) is 0 Å². The highest BCUT2D eigenvalue weighted by Gasteiger charge is 2.18. The van der Waals surface area contributed by atoms with Crippen molar-refractivity contribution in [2.75, 3.05) is 7.11 Å². The summed E-state index contributed by atoms with van der Waals surface area (Å²) >= 11 is 3.44. The molecular weight excluding hydrogens is 268 g/mol. The molecule has 0 heterocycles. The first-order chi connectivity index (χ1) is 7.54. The van der Waals surface area contributed by atoms with Crippen LogP contribution in [0, 0.1) is 5.92 Å². The molecule has 0 aliphatic carbocycles. The van der Waals surface area contributed by atoms with Gasteiger partial charge in [-0.05, 0) is 24.1 Å². The normalized spacial score (nSPS) is 12.6. The number of halogens is 1. The van der Waals surface area contributed by atoms with Gasteiger partial charge in [0.25, 0.3) is 0 Å². The molecule has 0 saturated heterocycles. The van der Waals surface area contributed by atoms with Gasteiger partial charge in [0.05, 0.1) is 11.9 Å². The van der Waals surface area contributed by atoms with Crippen molar-refractivity contribution in [1.82, 2.24) is 0 Å². The van der Waals surface area contributed by atoms with Crippen molar-refractivity contribution in [3.05, 3.63) is 29.8 Å². The molecule has 1 atom stereocenters. The predicted octanol–water partition coefficient (Wildman–Crippen LogP) is 3.23. The van der Waals surface area contributed by atoms with Gasteiger partial charge in [-0.15, -0.1) is 0 Å². The first kappa shape index (κ1) is 13.2. The van der Waals surface area contributed by atoms with E-state index in [9.17, 15) is 4.79 Å². The Morgan fingerprint density at radius 2 is 1.88 bits per heavy atom. The molecule has 0 bridgehead atoms. The standard InChI is InChI=1S/C13H17BrO2/c1-9(2)13(15)12(14)8-10-4-6-11(16-3)7-5-10/h4-7,9,12H,8H2,1-3H3. The zero-order chi connectivity index (χ0) is 12.1. The van der Waals surface area contributed by atoms with Crippen LogP contribution in [-0.4, -0.2) is 17.7 Å². The van der Waals surface area contributed by atoms with Crippen molar-refractivity contribution >= 4 is 21.7 Å². The Kier molecular flexibility index (Phi) is 5.00. The Morgan fingerprint density at radius 3 is 2.31 bits per heavy atom. The van der Waals surface area contributed by atoms with Crippen molar-refractivity contribution < 1.29 is 9.53 Å². The lowest BCUT2D eigenvalue weighted by atomic mass is 10.0. The summed E-state index contributed by atoms with van der Waals surface area (Å²) in [4.78, 5) is 11.6. The van der Waals surface area contributed by atoms with Crippen molar-refractivity contribution in [3.8, 4) is 5.75 Å². The third kappa shape index (κ3) is 3.63. The van der Waals surface area contributed by atoms with E-state index >= 15 is 0 Å². The maximum absolute atomic E-state index is 11.7. The zero-order valence-corrected chi connectivity index (χ0v) is 11.5. The molecule has 1 unspecified atom stereocenters. The summed E-state index contributed by atoms with van der Waals surface area (Å²) in [7, 11) is 1.64. The van der Waals surface area contributed by atoms with Crippen molar-refractivity contribution in [2.45, 2.75) is 25.1 Å². The quantitative estimate of drug-likeness (QED) is 0.776. The lowest BCUT2D eigenvalue weighted by Crippen LogP contribution is -2.21. The lowest BCUT2D eigenvalue weighted by molar-refractivity contribution is -0.121. The summed E-state index contributed by atoms with van der Waals surface area (Å²) in [6, 6.07) is 7.80. The van der Waals surface area contributed by atoms with Gasteiger partial charge >= 0.3 is 0 Å². The first-order valence-corrected chi connectivity index (χ1v) is 6.27. The van der Waals surface area contributed by atoms with E-state index in [0.29, 0.717) is 0 Å². The van der Waals surface area contributed by atoms with Crippen LogP contribution in [0.5, 0.6) is 5.75 Å². The third-order valence-electron chi connectivity index (χ3n) is 2.45. The molecule has 0 aliphatic rings. The van der Waals surface area contributed by atoms with Gasteiger partial charge in [-0.25, -0.2) is 0 Å². The van der Waals surface area contributed by atoms with E-state index in [2.05, 4.69) is 15.9 Å². The van der Waals surface area contributed by atoms with Crippen molar-refractivity contribution in [3.63, 3.8) is 0 Å². The molecule has 1 rings (SSSR count). The molecule has 0 amide bonds. The second kappa shape index (κ2) is 6.04. The third-order valence-corrected chi connectivity index (χ3v) is 3.23. The number of rotatable bonds is 5. The van der Waals surface area contributed by atoms with Gasteiger partial charge in [-0.3, -0.25) is 4.79 Å². The average Bonchev–Trinajstić information content (AvgIpc) is 2.28. The lowest BCUT2D eigenvalue weighted by Gasteiger charge is -2.11. The highest BCUT2D eigenvalue weighted by molar-refractivity contribution is 9.10. The number of hydrogen-bond donors (Lipinski definition) is 0. The van der Waals surface area contributed by atoms with Gasteiger partial charge in [0, 0.05) is 5.92 Å². The number of ether oxygens (including phenoxy) is 1. The molecule has 3 heteroatoms. The molecule has 0 fully saturated rings. The zero-order valence-electron chi connectivity index (χ0n) is 9.87. The topological polar surface area (TPSA) is 26.3 Å². The highest BCUT2D eigenvalue weighted by Crippen LogP contribution is 2.17. The van der Waals surface area contributed by atoms with Crippen molar-refractivity contribution in [1.29, 1.82) is 0 Å². The number of alkyl halides is 1. The molecule has 1 aromatic rings. The Hall–Kier alpha value is -0.830. The van der Waals surface area contributed by atoms with Crippen LogP contribution in [0.1, 0.15) is 19.4 Å². The number of benzene rings is 1. The maximum atomic E-state index is 11.7. The molecule has 16 heavy (non-hydrogen) atoms. The fraction of sp³-hybridized carbons (Fsp3) is 0.462. The molecule has 0 aromatic heterocycles. The summed E-state index contributed by atoms with van der Waals surface area (Å²) < 4.78 is 5.08. The van der Waals surface area contributed by atoms with Gasteiger partial charge in [0.15, 0.2) is 0 Å². The van der Waals surface area contributed by atoms with Crippen LogP contribution >= 0.6 is 15.9 Å². The van der Waals surface area contributed by atoms with Crippen LogP contribution in [0.4, 0.5) is 0 Å². The van der Waals surface area contributed by atoms with E-state index in [1.807, 2.05) is 38.1 Å². The van der Waals surface area contributed by atoms with E-state index in [1.54, 1.807) is 7.11 Å². The van der Waals surface area contributed by atoms with E-state index in [0.717, 1.165) is 17.7 Å². The summed E-state index contributed by atoms with van der Waals surface area (Å²) in [6.45, 7) is 3.84. The SMILES string of the molecule is COc1ccc(CC(Br)C(=O)C(C)C)cc1. The van der Waals surface area contributed by atoms with Gasteiger partial charge in [-0.1, -0.05) is 41.9 Å². The van der Waals surface area contributed by atoms with Gasteiger partial charge in [0.1, 0.15) is 11.5 Å². The summed E-state index contributed by atoms with van der Waals surface area (Å²) in [5.41, 5.74) is 1.14. The molecule has 0 aliphatic heterocycles. The predicted molar refractivity (Wildman–Crippen MR) is 69.3 cm³/mol. The molecule has 2 nitrogen and oxygen atoms in total. The number of carbonyl (C=O) groups is 1. The summed E-state index contributed by atoms with van der Waals surface area (Å²) in [6.07, 6.45) is 0.723. The van der Waals surface area contributed by atoms with E-state index in [4.69, 9.17) is 4.74 Å². The number of hydrogen-bond acceptors (Lipinski definition) is 2. The highest BCUT2D eigenvalue weighted by atomic mass is 79.9. The Labute approximate surface area is 105 Å². The Bertz CT molecular complexity index is 343. The van der Waals surface area contributed by atoms with Gasteiger partial charge in [0.2, 0.25) is 0 Å². The molecule has 1 aromatic carbocycles. The largest absolute Gasteiger partial charge is 0.497 e. The summed E-state index contributed by atoms with van der Waals surface area (Å²) in [5, 5.41) is 0. The van der Waals surface area contributed by atoms with Crippen molar-refractivity contribution in [2.24, 2.45) is 5.92 Å². The van der Waals surface area contributed by atoms with E-state index in [1.165, 1.54) is 0 Å². The second-order valence-electron chi connectivity index (χ2n) is 4.08. The van der Waals surface area contributed by atoms with Crippen LogP contribution in [0.15, 0.2) is 24.3 Å². The van der Waals surface area contributed by atoms with E-state index in [-0.39, 0.29) is 16.5 Å². The Morgan fingerprint density at radius 1 is 1.31 bits per heavy atom. The van der Waals surface area contributed by atoms with Gasteiger partial charge < -0.3 is 4.74 Å². The number of Topliss-reactive ketones (excluding diaryl/α,β-unsaturated/α-hetero) is 1. The van der Waals surface area contributed by atoms with Crippen LogP contribution in [-0.2, 0) is 11.2 Å².